The van der Waals surface area contributed by atoms with E-state index in [1.54, 1.807) is 11.0 Å². The molecule has 116 valence electrons. The maximum Gasteiger partial charge on any atom is 0.257 e. The molecule has 0 bridgehead atoms. The first kappa shape index (κ1) is 14.9. The molecule has 2 aromatic rings. The van der Waals surface area contributed by atoms with Gasteiger partial charge in [0, 0.05) is 20.0 Å². The van der Waals surface area contributed by atoms with Crippen molar-refractivity contribution in [2.75, 3.05) is 13.6 Å². The van der Waals surface area contributed by atoms with Crippen LogP contribution in [-0.2, 0) is 17.8 Å². The lowest BCUT2D eigenvalue weighted by atomic mass is 9.99. The second kappa shape index (κ2) is 5.97. The van der Waals surface area contributed by atoms with E-state index in [2.05, 4.69) is 12.1 Å². The molecule has 0 spiro atoms. The van der Waals surface area contributed by atoms with E-state index >= 15 is 0 Å². The number of fused-ring (bicyclic) bond motifs is 1. The standard InChI is InChI=1S/C18H21NO3/c1-12-8-17(13(2)22-12)18(20)19(3)10-16-9-14-6-4-5-7-15(14)11-21-16/h4-8,16H,9-11H2,1-3H3/t16-/m1/s1. The molecule has 0 saturated carbocycles. The molecule has 0 radical (unpaired) electrons. The van der Waals surface area contributed by atoms with Crippen LogP contribution in [0.4, 0.5) is 0 Å². The van der Waals surface area contributed by atoms with Crippen molar-refractivity contribution in [3.05, 3.63) is 58.5 Å². The second-order valence-electron chi connectivity index (χ2n) is 5.92. The quantitative estimate of drug-likeness (QED) is 0.874. The molecule has 0 fully saturated rings. The highest BCUT2D eigenvalue weighted by Gasteiger charge is 2.24. The first-order valence-electron chi connectivity index (χ1n) is 7.55. The smallest absolute Gasteiger partial charge is 0.257 e. The van der Waals surface area contributed by atoms with Gasteiger partial charge < -0.3 is 14.1 Å². The zero-order valence-corrected chi connectivity index (χ0v) is 13.3. The predicted octanol–water partition coefficient (Wildman–Crippen LogP) is 3.11. The fourth-order valence-electron chi connectivity index (χ4n) is 2.96. The number of furan rings is 1. The van der Waals surface area contributed by atoms with Crippen molar-refractivity contribution < 1.29 is 13.9 Å². The maximum absolute atomic E-state index is 12.5. The Morgan fingerprint density at radius 2 is 2.00 bits per heavy atom. The highest BCUT2D eigenvalue weighted by Crippen LogP contribution is 2.22. The van der Waals surface area contributed by atoms with Crippen molar-refractivity contribution in [1.29, 1.82) is 0 Å². The number of amides is 1. The van der Waals surface area contributed by atoms with Crippen LogP contribution in [0.3, 0.4) is 0 Å². The molecule has 0 N–H and O–H groups in total. The highest BCUT2D eigenvalue weighted by atomic mass is 16.5. The zero-order chi connectivity index (χ0) is 15.7. The van der Waals surface area contributed by atoms with Gasteiger partial charge in [-0.2, -0.15) is 0 Å². The van der Waals surface area contributed by atoms with Crippen LogP contribution in [0.5, 0.6) is 0 Å². The Morgan fingerprint density at radius 1 is 1.27 bits per heavy atom. The lowest BCUT2D eigenvalue weighted by Gasteiger charge is -2.29. The first-order valence-corrected chi connectivity index (χ1v) is 7.55. The van der Waals surface area contributed by atoms with Gasteiger partial charge in [-0.1, -0.05) is 24.3 Å². The summed E-state index contributed by atoms with van der Waals surface area (Å²) in [6.45, 7) is 4.87. The third-order valence-corrected chi connectivity index (χ3v) is 4.14. The second-order valence-corrected chi connectivity index (χ2v) is 5.92. The summed E-state index contributed by atoms with van der Waals surface area (Å²) in [5.41, 5.74) is 3.19. The number of carbonyl (C=O) groups excluding carboxylic acids is 1. The van der Waals surface area contributed by atoms with Crippen molar-refractivity contribution in [2.45, 2.75) is 33.0 Å². The number of aryl methyl sites for hydroxylation is 2. The molecule has 0 saturated heterocycles. The average Bonchev–Trinajstić information content (AvgIpc) is 2.85. The Labute approximate surface area is 130 Å². The van der Waals surface area contributed by atoms with Crippen LogP contribution in [0.25, 0.3) is 0 Å². The van der Waals surface area contributed by atoms with E-state index in [4.69, 9.17) is 9.15 Å². The van der Waals surface area contributed by atoms with Crippen LogP contribution in [0, 0.1) is 13.8 Å². The first-order chi connectivity index (χ1) is 10.5. The Balaban J connectivity index is 1.66. The number of ether oxygens (including phenoxy) is 1. The van der Waals surface area contributed by atoms with Gasteiger partial charge in [0.2, 0.25) is 0 Å². The van der Waals surface area contributed by atoms with Gasteiger partial charge in [-0.05, 0) is 31.0 Å². The van der Waals surface area contributed by atoms with E-state index in [0.29, 0.717) is 24.5 Å². The summed E-state index contributed by atoms with van der Waals surface area (Å²) in [6.07, 6.45) is 0.883. The number of benzene rings is 1. The Kier molecular flexibility index (Phi) is 4.03. The molecule has 1 aliphatic rings. The van der Waals surface area contributed by atoms with E-state index in [1.165, 1.54) is 11.1 Å². The van der Waals surface area contributed by atoms with Crippen molar-refractivity contribution in [2.24, 2.45) is 0 Å². The van der Waals surface area contributed by atoms with E-state index in [0.717, 1.165) is 12.2 Å². The SMILES string of the molecule is Cc1cc(C(=O)N(C)C[C@H]2Cc3ccccc3CO2)c(C)o1. The molecule has 1 atom stereocenters. The molecule has 0 aliphatic carbocycles. The van der Waals surface area contributed by atoms with Crippen LogP contribution in [0.2, 0.25) is 0 Å². The fourth-order valence-corrected chi connectivity index (χ4v) is 2.96. The molecule has 1 aliphatic heterocycles. The summed E-state index contributed by atoms with van der Waals surface area (Å²) in [4.78, 5) is 14.2. The molecule has 1 aromatic heterocycles. The third kappa shape index (κ3) is 2.92. The molecule has 22 heavy (non-hydrogen) atoms. The van der Waals surface area contributed by atoms with Crippen LogP contribution >= 0.6 is 0 Å². The lowest BCUT2D eigenvalue weighted by Crippen LogP contribution is -2.38. The van der Waals surface area contributed by atoms with Crippen LogP contribution in [0.1, 0.15) is 33.0 Å². The van der Waals surface area contributed by atoms with Crippen LogP contribution in [0.15, 0.2) is 34.7 Å². The monoisotopic (exact) mass is 299 g/mol. The molecular formula is C18H21NO3. The minimum atomic E-state index is -0.0168. The van der Waals surface area contributed by atoms with Gasteiger partial charge in [0.25, 0.3) is 5.91 Å². The number of hydrogen-bond donors (Lipinski definition) is 0. The Morgan fingerprint density at radius 3 is 2.68 bits per heavy atom. The van der Waals surface area contributed by atoms with Crippen molar-refractivity contribution in [3.63, 3.8) is 0 Å². The van der Waals surface area contributed by atoms with Crippen molar-refractivity contribution in [1.82, 2.24) is 4.90 Å². The third-order valence-electron chi connectivity index (χ3n) is 4.14. The maximum atomic E-state index is 12.5. The lowest BCUT2D eigenvalue weighted by molar-refractivity contribution is 0.00981. The Bertz CT molecular complexity index is 689. The zero-order valence-electron chi connectivity index (χ0n) is 13.3. The van der Waals surface area contributed by atoms with E-state index < -0.39 is 0 Å². The summed E-state index contributed by atoms with van der Waals surface area (Å²) < 4.78 is 11.3. The molecular weight excluding hydrogens is 278 g/mol. The molecule has 3 rings (SSSR count). The Hall–Kier alpha value is -2.07. The van der Waals surface area contributed by atoms with Crippen LogP contribution < -0.4 is 0 Å². The number of likely N-dealkylation sites (N-methyl/N-ethyl adjacent to an activating group) is 1. The van der Waals surface area contributed by atoms with Gasteiger partial charge in [0.1, 0.15) is 11.5 Å². The molecule has 2 heterocycles. The van der Waals surface area contributed by atoms with Gasteiger partial charge >= 0.3 is 0 Å². The molecule has 0 unspecified atom stereocenters. The van der Waals surface area contributed by atoms with Crippen LogP contribution in [-0.4, -0.2) is 30.5 Å². The van der Waals surface area contributed by atoms with E-state index in [9.17, 15) is 4.79 Å². The number of nitrogens with zero attached hydrogens (tertiary/aromatic N) is 1. The molecule has 1 amide bonds. The van der Waals surface area contributed by atoms with Gasteiger partial charge in [0.05, 0.1) is 18.3 Å². The van der Waals surface area contributed by atoms with E-state index in [1.807, 2.05) is 33.0 Å². The summed E-state index contributed by atoms with van der Waals surface area (Å²) in [7, 11) is 1.81. The molecule has 4 nitrogen and oxygen atoms in total. The van der Waals surface area contributed by atoms with Gasteiger partial charge in [-0.25, -0.2) is 0 Å². The molecule has 1 aromatic carbocycles. The largest absolute Gasteiger partial charge is 0.466 e. The van der Waals surface area contributed by atoms with E-state index in [-0.39, 0.29) is 12.0 Å². The van der Waals surface area contributed by atoms with Gasteiger partial charge in [-0.3, -0.25) is 4.79 Å². The van der Waals surface area contributed by atoms with Crippen molar-refractivity contribution >= 4 is 5.91 Å². The summed E-state index contributed by atoms with van der Waals surface area (Å²) in [5.74, 6) is 1.41. The molecule has 4 heteroatoms. The summed E-state index contributed by atoms with van der Waals surface area (Å²) in [6, 6.07) is 10.1. The van der Waals surface area contributed by atoms with Gasteiger partial charge in [-0.15, -0.1) is 0 Å². The fraction of sp³-hybridized carbons (Fsp3) is 0.389. The normalized spacial score (nSPS) is 17.1. The summed E-state index contributed by atoms with van der Waals surface area (Å²) >= 11 is 0. The predicted molar refractivity (Wildman–Crippen MR) is 83.9 cm³/mol. The average molecular weight is 299 g/mol. The topological polar surface area (TPSA) is 42.7 Å². The number of carbonyl (C=O) groups is 1. The minimum Gasteiger partial charge on any atom is -0.466 e. The number of hydrogen-bond acceptors (Lipinski definition) is 3. The minimum absolute atomic E-state index is 0.0168. The number of rotatable bonds is 3. The van der Waals surface area contributed by atoms with Crippen molar-refractivity contribution in [3.8, 4) is 0 Å². The summed E-state index contributed by atoms with van der Waals surface area (Å²) in [5, 5.41) is 0. The highest BCUT2D eigenvalue weighted by molar-refractivity contribution is 5.95. The van der Waals surface area contributed by atoms with Gasteiger partial charge in [0.15, 0.2) is 0 Å².